The first-order valence-corrected chi connectivity index (χ1v) is 6.97. The number of benzene rings is 2. The number of carbonyl (C=O) groups excluding carboxylic acids is 2. The second-order valence-corrected chi connectivity index (χ2v) is 5.29. The van der Waals surface area contributed by atoms with Crippen molar-refractivity contribution in [2.75, 3.05) is 5.32 Å². The number of ketones is 2. The third-order valence-electron chi connectivity index (χ3n) is 3.67. The van der Waals surface area contributed by atoms with Gasteiger partial charge in [0.2, 0.25) is 0 Å². The van der Waals surface area contributed by atoms with Crippen LogP contribution in [-0.4, -0.2) is 22.6 Å². The van der Waals surface area contributed by atoms with Crippen LogP contribution in [0.3, 0.4) is 0 Å². The van der Waals surface area contributed by atoms with Crippen molar-refractivity contribution >= 4 is 23.2 Å². The Morgan fingerprint density at radius 1 is 1.00 bits per heavy atom. The molecule has 0 atom stereocenters. The Labute approximate surface area is 132 Å². The van der Waals surface area contributed by atoms with E-state index in [9.17, 15) is 14.4 Å². The van der Waals surface area contributed by atoms with Gasteiger partial charge < -0.3 is 10.4 Å². The van der Waals surface area contributed by atoms with E-state index in [4.69, 9.17) is 5.11 Å². The fraction of sp³-hybridized carbons (Fsp3) is 0.0556. The van der Waals surface area contributed by atoms with E-state index in [1.165, 1.54) is 18.3 Å². The molecule has 114 valence electrons. The van der Waals surface area contributed by atoms with E-state index >= 15 is 0 Å². The first-order chi connectivity index (χ1) is 11.0. The van der Waals surface area contributed by atoms with Crippen molar-refractivity contribution in [2.24, 2.45) is 0 Å². The number of carboxylic acids is 1. The molecule has 0 heterocycles. The van der Waals surface area contributed by atoms with E-state index in [0.717, 1.165) is 5.56 Å². The zero-order valence-electron chi connectivity index (χ0n) is 12.3. The number of carboxylic acid groups (broad SMARTS) is 1. The topological polar surface area (TPSA) is 83.5 Å². The van der Waals surface area contributed by atoms with Crippen LogP contribution in [0.5, 0.6) is 0 Å². The summed E-state index contributed by atoms with van der Waals surface area (Å²) in [4.78, 5) is 35.4. The molecule has 0 unspecified atom stereocenters. The van der Waals surface area contributed by atoms with Gasteiger partial charge in [-0.3, -0.25) is 9.59 Å². The Kier molecular flexibility index (Phi) is 3.54. The zero-order chi connectivity index (χ0) is 16.6. The maximum atomic E-state index is 12.3. The van der Waals surface area contributed by atoms with Crippen LogP contribution in [-0.2, 0) is 0 Å². The molecule has 0 amide bonds. The summed E-state index contributed by atoms with van der Waals surface area (Å²) in [5.74, 6) is -1.62. The molecule has 0 spiro atoms. The lowest BCUT2D eigenvalue weighted by Crippen LogP contribution is -2.04. The average molecular weight is 307 g/mol. The molecule has 5 heteroatoms. The quantitative estimate of drug-likeness (QED) is 0.672. The van der Waals surface area contributed by atoms with Crippen LogP contribution in [0, 0.1) is 6.92 Å². The highest BCUT2D eigenvalue weighted by atomic mass is 16.4. The zero-order valence-corrected chi connectivity index (χ0v) is 12.3. The number of aryl methyl sites for hydroxylation is 1. The molecule has 0 saturated heterocycles. The number of anilines is 1. The minimum Gasteiger partial charge on any atom is -0.478 e. The van der Waals surface area contributed by atoms with Crippen molar-refractivity contribution in [3.8, 4) is 0 Å². The second kappa shape index (κ2) is 5.53. The number of allylic oxidation sites excluding steroid dienone is 1. The predicted molar refractivity (Wildman–Crippen MR) is 84.9 cm³/mol. The first-order valence-electron chi connectivity index (χ1n) is 6.97. The fourth-order valence-corrected chi connectivity index (χ4v) is 2.43. The summed E-state index contributed by atoms with van der Waals surface area (Å²) in [5, 5.41) is 11.7. The standard InChI is InChI=1S/C18H13NO4/c1-10-2-7-13-14(8-10)17(21)15(16(13)20)9-19-12-5-3-11(4-6-12)18(22)23/h2-9,19H,1H3,(H,22,23)/b15-9-. The summed E-state index contributed by atoms with van der Waals surface area (Å²) in [6.45, 7) is 1.86. The summed E-state index contributed by atoms with van der Waals surface area (Å²) in [5.41, 5.74) is 2.59. The van der Waals surface area contributed by atoms with Gasteiger partial charge in [0.05, 0.1) is 11.1 Å². The van der Waals surface area contributed by atoms with Gasteiger partial charge in [0.1, 0.15) is 0 Å². The van der Waals surface area contributed by atoms with Gasteiger partial charge in [0, 0.05) is 23.0 Å². The first kappa shape index (κ1) is 14.7. The van der Waals surface area contributed by atoms with Crippen LogP contribution >= 0.6 is 0 Å². The molecule has 2 N–H and O–H groups in total. The number of aromatic carboxylic acids is 1. The van der Waals surface area contributed by atoms with E-state index in [2.05, 4.69) is 5.32 Å². The Hall–Kier alpha value is -3.21. The molecule has 1 aliphatic carbocycles. The number of rotatable bonds is 3. The van der Waals surface area contributed by atoms with Gasteiger partial charge in [-0.15, -0.1) is 0 Å². The molecule has 0 aromatic heterocycles. The molecule has 0 saturated carbocycles. The highest BCUT2D eigenvalue weighted by molar-refractivity contribution is 6.39. The molecule has 0 bridgehead atoms. The summed E-state index contributed by atoms with van der Waals surface area (Å²) in [6.07, 6.45) is 1.37. The Morgan fingerprint density at radius 3 is 2.30 bits per heavy atom. The number of hydrogen-bond acceptors (Lipinski definition) is 4. The Morgan fingerprint density at radius 2 is 1.65 bits per heavy atom. The van der Waals surface area contributed by atoms with Gasteiger partial charge in [-0.25, -0.2) is 4.79 Å². The normalized spacial score (nSPS) is 14.9. The molecular formula is C18H13NO4. The van der Waals surface area contributed by atoms with E-state index in [-0.39, 0.29) is 22.7 Å². The molecule has 3 rings (SSSR count). The Balaban J connectivity index is 1.85. The molecule has 2 aromatic carbocycles. The van der Waals surface area contributed by atoms with Crippen LogP contribution in [0.2, 0.25) is 0 Å². The van der Waals surface area contributed by atoms with Crippen molar-refractivity contribution < 1.29 is 19.5 Å². The molecule has 0 radical (unpaired) electrons. The third kappa shape index (κ3) is 2.64. The second-order valence-electron chi connectivity index (χ2n) is 5.29. The van der Waals surface area contributed by atoms with Gasteiger partial charge in [-0.1, -0.05) is 17.7 Å². The van der Waals surface area contributed by atoms with Gasteiger partial charge in [-0.2, -0.15) is 0 Å². The molecule has 2 aromatic rings. The number of Topliss-reactive ketones (excluding diaryl/α,β-unsaturated/α-hetero) is 2. The highest BCUT2D eigenvalue weighted by Crippen LogP contribution is 2.27. The van der Waals surface area contributed by atoms with Crippen LogP contribution < -0.4 is 5.32 Å². The van der Waals surface area contributed by atoms with Crippen molar-refractivity contribution in [3.63, 3.8) is 0 Å². The third-order valence-corrected chi connectivity index (χ3v) is 3.67. The summed E-state index contributed by atoms with van der Waals surface area (Å²) >= 11 is 0. The summed E-state index contributed by atoms with van der Waals surface area (Å²) < 4.78 is 0. The molecule has 1 aliphatic rings. The SMILES string of the molecule is Cc1ccc2c(c1)C(=O)/C(=C\Nc1ccc(C(=O)O)cc1)C2=O. The van der Waals surface area contributed by atoms with E-state index in [1.54, 1.807) is 30.3 Å². The average Bonchev–Trinajstić information content (AvgIpc) is 2.77. The lowest BCUT2D eigenvalue weighted by atomic mass is 10.1. The maximum Gasteiger partial charge on any atom is 0.335 e. The molecule has 0 aliphatic heterocycles. The van der Waals surface area contributed by atoms with Gasteiger partial charge >= 0.3 is 5.97 Å². The number of fused-ring (bicyclic) bond motifs is 1. The number of nitrogens with one attached hydrogen (secondary N) is 1. The molecule has 23 heavy (non-hydrogen) atoms. The minimum absolute atomic E-state index is 0.0768. The van der Waals surface area contributed by atoms with Crippen LogP contribution in [0.15, 0.2) is 54.2 Å². The number of hydrogen-bond donors (Lipinski definition) is 2. The molecule has 0 fully saturated rings. The monoisotopic (exact) mass is 307 g/mol. The Bertz CT molecular complexity index is 863. The largest absolute Gasteiger partial charge is 0.478 e. The van der Waals surface area contributed by atoms with E-state index in [1.807, 2.05) is 6.92 Å². The van der Waals surface area contributed by atoms with Crippen molar-refractivity contribution in [2.45, 2.75) is 6.92 Å². The summed E-state index contributed by atoms with van der Waals surface area (Å²) in [7, 11) is 0. The van der Waals surface area contributed by atoms with Gasteiger partial charge in [-0.05, 0) is 37.3 Å². The lowest BCUT2D eigenvalue weighted by Gasteiger charge is -2.02. The van der Waals surface area contributed by atoms with E-state index in [0.29, 0.717) is 16.8 Å². The minimum atomic E-state index is -1.01. The highest BCUT2D eigenvalue weighted by Gasteiger charge is 2.32. The smallest absolute Gasteiger partial charge is 0.335 e. The van der Waals surface area contributed by atoms with Gasteiger partial charge in [0.25, 0.3) is 0 Å². The van der Waals surface area contributed by atoms with E-state index < -0.39 is 5.97 Å². The van der Waals surface area contributed by atoms with Crippen molar-refractivity contribution in [3.05, 3.63) is 76.5 Å². The summed E-state index contributed by atoms with van der Waals surface area (Å²) in [6, 6.07) is 11.2. The van der Waals surface area contributed by atoms with Crippen LogP contribution in [0.4, 0.5) is 5.69 Å². The lowest BCUT2D eigenvalue weighted by molar-refractivity contribution is 0.0696. The number of carbonyl (C=O) groups is 3. The van der Waals surface area contributed by atoms with Crippen LogP contribution in [0.1, 0.15) is 36.6 Å². The predicted octanol–water partition coefficient (Wildman–Crippen LogP) is 3.07. The molecule has 5 nitrogen and oxygen atoms in total. The van der Waals surface area contributed by atoms with Crippen molar-refractivity contribution in [1.29, 1.82) is 0 Å². The van der Waals surface area contributed by atoms with Gasteiger partial charge in [0.15, 0.2) is 11.6 Å². The fourth-order valence-electron chi connectivity index (χ4n) is 2.43. The molecular weight excluding hydrogens is 294 g/mol. The maximum absolute atomic E-state index is 12.3. The van der Waals surface area contributed by atoms with Crippen molar-refractivity contribution in [1.82, 2.24) is 0 Å². The van der Waals surface area contributed by atoms with Crippen LogP contribution in [0.25, 0.3) is 0 Å².